The van der Waals surface area contributed by atoms with Crippen LogP contribution in [0, 0.1) is 0 Å². The zero-order chi connectivity index (χ0) is 16.7. The Morgan fingerprint density at radius 2 is 1.74 bits per heavy atom. The fraction of sp³-hybridized carbons (Fsp3) is 0.111. The summed E-state index contributed by atoms with van der Waals surface area (Å²) in [5.41, 5.74) is 1.81. The van der Waals surface area contributed by atoms with E-state index in [0.29, 0.717) is 17.9 Å². The van der Waals surface area contributed by atoms with Crippen molar-refractivity contribution in [3.63, 3.8) is 0 Å². The molecule has 0 bridgehead atoms. The minimum absolute atomic E-state index is 0.0747. The number of ether oxygens (including phenoxy) is 1. The van der Waals surface area contributed by atoms with E-state index in [-0.39, 0.29) is 5.03 Å². The molecule has 0 aliphatic carbocycles. The molecule has 2 aromatic carbocycles. The maximum atomic E-state index is 12.0. The van der Waals surface area contributed by atoms with Crippen LogP contribution in [0.5, 0.6) is 0 Å². The molecule has 23 heavy (non-hydrogen) atoms. The largest absolute Gasteiger partial charge is 0.462 e. The molecular weight excluding hydrogens is 314 g/mol. The summed E-state index contributed by atoms with van der Waals surface area (Å²) in [6.07, 6.45) is 1.59. The van der Waals surface area contributed by atoms with E-state index >= 15 is 0 Å². The average molecular weight is 330 g/mol. The maximum Gasteiger partial charge on any atom is 0.338 e. The summed E-state index contributed by atoms with van der Waals surface area (Å²) in [6.45, 7) is 2.06. The van der Waals surface area contributed by atoms with Gasteiger partial charge in [0.1, 0.15) is 5.03 Å². The lowest BCUT2D eigenvalue weighted by molar-refractivity contribution is -0.112. The van der Waals surface area contributed by atoms with E-state index < -0.39 is 11.9 Å². The van der Waals surface area contributed by atoms with Gasteiger partial charge >= 0.3 is 5.97 Å². The molecule has 2 rings (SSSR count). The van der Waals surface area contributed by atoms with E-state index in [9.17, 15) is 9.59 Å². The van der Waals surface area contributed by atoms with Crippen LogP contribution in [-0.2, 0) is 9.53 Å². The van der Waals surface area contributed by atoms with Crippen molar-refractivity contribution < 1.29 is 14.3 Å². The van der Waals surface area contributed by atoms with Gasteiger partial charge in [0.25, 0.3) is 5.91 Å². The predicted molar refractivity (Wildman–Crippen MR) is 91.3 cm³/mol. The zero-order valence-corrected chi connectivity index (χ0v) is 13.3. The lowest BCUT2D eigenvalue weighted by Crippen LogP contribution is -2.11. The molecule has 0 aromatic heterocycles. The Morgan fingerprint density at radius 3 is 2.35 bits per heavy atom. The number of nitrogens with one attached hydrogen (secondary N) is 1. The summed E-state index contributed by atoms with van der Waals surface area (Å²) in [7, 11) is 0. The molecule has 0 saturated heterocycles. The molecule has 0 spiro atoms. The summed E-state index contributed by atoms with van der Waals surface area (Å²) in [5.74, 6) is -0.813. The van der Waals surface area contributed by atoms with Crippen molar-refractivity contribution in [2.45, 2.75) is 6.92 Å². The summed E-state index contributed by atoms with van der Waals surface area (Å²) in [6, 6.07) is 15.7. The van der Waals surface area contributed by atoms with Crippen molar-refractivity contribution in [1.82, 2.24) is 0 Å². The molecule has 1 N–H and O–H groups in total. The van der Waals surface area contributed by atoms with Crippen molar-refractivity contribution in [2.75, 3.05) is 11.9 Å². The van der Waals surface area contributed by atoms with Crippen LogP contribution in [-0.4, -0.2) is 18.5 Å². The molecule has 1 amide bonds. The lowest BCUT2D eigenvalue weighted by atomic mass is 10.2. The molecule has 0 atom stereocenters. The molecule has 0 unspecified atom stereocenters. The third-order valence-corrected chi connectivity index (χ3v) is 3.24. The van der Waals surface area contributed by atoms with Gasteiger partial charge in [0.05, 0.1) is 12.2 Å². The number of hydrogen-bond acceptors (Lipinski definition) is 3. The number of benzene rings is 2. The Bertz CT molecular complexity index is 709. The number of rotatable bonds is 5. The Hall–Kier alpha value is -2.59. The van der Waals surface area contributed by atoms with Crippen LogP contribution < -0.4 is 5.32 Å². The minimum atomic E-state index is -0.417. The predicted octanol–water partition coefficient (Wildman–Crippen LogP) is 4.08. The Kier molecular flexibility index (Phi) is 5.94. The van der Waals surface area contributed by atoms with E-state index in [1.807, 2.05) is 30.3 Å². The van der Waals surface area contributed by atoms with Gasteiger partial charge in [-0.25, -0.2) is 4.79 Å². The van der Waals surface area contributed by atoms with Gasteiger partial charge < -0.3 is 10.1 Å². The smallest absolute Gasteiger partial charge is 0.338 e. The standard InChI is InChI=1S/C18H16ClNO3/c1-2-23-18(22)14-8-10-15(11-9-14)20-17(21)16(19)12-13-6-4-3-5-7-13/h3-12H,2H2,1H3,(H,20,21)/b16-12+. The van der Waals surface area contributed by atoms with Crippen LogP contribution in [0.1, 0.15) is 22.8 Å². The molecule has 0 saturated carbocycles. The molecule has 4 nitrogen and oxygen atoms in total. The fourth-order valence-corrected chi connectivity index (χ4v) is 2.03. The molecule has 2 aromatic rings. The number of hydrogen-bond donors (Lipinski definition) is 1. The van der Waals surface area contributed by atoms with Gasteiger partial charge in [0, 0.05) is 5.69 Å². The van der Waals surface area contributed by atoms with Gasteiger partial charge in [-0.2, -0.15) is 0 Å². The first-order valence-corrected chi connectivity index (χ1v) is 7.48. The third-order valence-electron chi connectivity index (χ3n) is 2.96. The van der Waals surface area contributed by atoms with Crippen LogP contribution >= 0.6 is 11.6 Å². The summed E-state index contributed by atoms with van der Waals surface area (Å²) in [5, 5.41) is 2.74. The molecule has 5 heteroatoms. The van der Waals surface area contributed by atoms with Crippen LogP contribution in [0.25, 0.3) is 6.08 Å². The van der Waals surface area contributed by atoms with Crippen molar-refractivity contribution >= 4 is 35.2 Å². The summed E-state index contributed by atoms with van der Waals surface area (Å²) in [4.78, 5) is 23.6. The number of amides is 1. The summed E-state index contributed by atoms with van der Waals surface area (Å²) >= 11 is 6.01. The van der Waals surface area contributed by atoms with E-state index in [1.54, 1.807) is 37.3 Å². The van der Waals surface area contributed by atoms with Gasteiger partial charge in [-0.05, 0) is 42.8 Å². The van der Waals surface area contributed by atoms with Crippen molar-refractivity contribution in [3.05, 3.63) is 70.8 Å². The van der Waals surface area contributed by atoms with Crippen LogP contribution in [0.15, 0.2) is 59.6 Å². The van der Waals surface area contributed by atoms with Crippen molar-refractivity contribution in [3.8, 4) is 0 Å². The first-order valence-electron chi connectivity index (χ1n) is 7.11. The van der Waals surface area contributed by atoms with E-state index in [0.717, 1.165) is 5.56 Å². The number of halogens is 1. The summed E-state index contributed by atoms with van der Waals surface area (Å²) < 4.78 is 4.90. The van der Waals surface area contributed by atoms with Gasteiger partial charge in [-0.3, -0.25) is 4.79 Å². The second-order valence-electron chi connectivity index (χ2n) is 4.65. The number of anilines is 1. The zero-order valence-electron chi connectivity index (χ0n) is 12.6. The van der Waals surface area contributed by atoms with Crippen LogP contribution in [0.3, 0.4) is 0 Å². The van der Waals surface area contributed by atoms with Gasteiger partial charge in [0.2, 0.25) is 0 Å². The highest BCUT2D eigenvalue weighted by molar-refractivity contribution is 6.45. The topological polar surface area (TPSA) is 55.4 Å². The van der Waals surface area contributed by atoms with Gasteiger partial charge in [0.15, 0.2) is 0 Å². The highest BCUT2D eigenvalue weighted by Gasteiger charge is 2.09. The maximum absolute atomic E-state index is 12.0. The highest BCUT2D eigenvalue weighted by Crippen LogP contribution is 2.15. The van der Waals surface area contributed by atoms with E-state index in [1.165, 1.54) is 0 Å². The van der Waals surface area contributed by atoms with Crippen molar-refractivity contribution in [2.24, 2.45) is 0 Å². The van der Waals surface area contributed by atoms with Gasteiger partial charge in [-0.1, -0.05) is 41.9 Å². The second kappa shape index (κ2) is 8.15. The van der Waals surface area contributed by atoms with Crippen molar-refractivity contribution in [1.29, 1.82) is 0 Å². The molecule has 0 fully saturated rings. The fourth-order valence-electron chi connectivity index (χ4n) is 1.86. The van der Waals surface area contributed by atoms with Crippen LogP contribution in [0.2, 0.25) is 0 Å². The van der Waals surface area contributed by atoms with Gasteiger partial charge in [-0.15, -0.1) is 0 Å². The molecule has 0 aliphatic rings. The SMILES string of the molecule is CCOC(=O)c1ccc(NC(=O)/C(Cl)=C\c2ccccc2)cc1. The monoisotopic (exact) mass is 329 g/mol. The first kappa shape index (κ1) is 16.8. The van der Waals surface area contributed by atoms with E-state index in [2.05, 4.69) is 5.32 Å². The quantitative estimate of drug-likeness (QED) is 0.664. The molecule has 118 valence electrons. The average Bonchev–Trinajstić information content (AvgIpc) is 2.56. The molecule has 0 heterocycles. The lowest BCUT2D eigenvalue weighted by Gasteiger charge is -2.06. The highest BCUT2D eigenvalue weighted by atomic mass is 35.5. The normalized spacial score (nSPS) is 11.0. The third kappa shape index (κ3) is 4.97. The van der Waals surface area contributed by atoms with E-state index in [4.69, 9.17) is 16.3 Å². The Morgan fingerprint density at radius 1 is 1.09 bits per heavy atom. The first-order chi connectivity index (χ1) is 11.1. The number of carbonyl (C=O) groups excluding carboxylic acids is 2. The van der Waals surface area contributed by atoms with Crippen LogP contribution in [0.4, 0.5) is 5.69 Å². The molecule has 0 radical (unpaired) electrons. The Balaban J connectivity index is 2.02. The number of esters is 1. The Labute approximate surface area is 139 Å². The number of carbonyl (C=O) groups is 2. The molecular formula is C18H16ClNO3. The molecule has 0 aliphatic heterocycles. The second-order valence-corrected chi connectivity index (χ2v) is 5.06. The minimum Gasteiger partial charge on any atom is -0.462 e.